The normalized spacial score (nSPS) is 11.4. The van der Waals surface area contributed by atoms with Gasteiger partial charge in [0.2, 0.25) is 0 Å². The number of hydrogen-bond donors (Lipinski definition) is 4. The second-order valence-corrected chi connectivity index (χ2v) is 6.81. The Morgan fingerprint density at radius 3 is 1.33 bits per heavy atom. The fraction of sp³-hybridized carbons (Fsp3) is 0.889. The molecule has 0 fully saturated rings. The van der Waals surface area contributed by atoms with Crippen molar-refractivity contribution in [3.8, 4) is 0 Å². The van der Waals surface area contributed by atoms with Crippen LogP contribution in [-0.4, -0.2) is 20.0 Å². The third-order valence-corrected chi connectivity index (χ3v) is 3.94. The molecule has 0 saturated heterocycles. The van der Waals surface area contributed by atoms with Crippen molar-refractivity contribution in [3.63, 3.8) is 0 Å². The molecule has 0 rings (SSSR count). The van der Waals surface area contributed by atoms with Crippen molar-refractivity contribution in [2.75, 3.05) is 0 Å². The molecule has 146 valence electrons. The predicted octanol–water partition coefficient (Wildman–Crippen LogP) is 6.18. The Bertz CT molecular complexity index is 291. The van der Waals surface area contributed by atoms with E-state index in [0.29, 0.717) is 6.42 Å². The van der Waals surface area contributed by atoms with E-state index in [2.05, 4.69) is 6.92 Å². The summed E-state index contributed by atoms with van der Waals surface area (Å²) in [6.45, 7) is 2.27. The first-order valence-corrected chi connectivity index (χ1v) is 10.8. The lowest BCUT2D eigenvalue weighted by molar-refractivity contribution is 0.338. The molecule has 0 bridgehead atoms. The average molecular weight is 366 g/mol. The Morgan fingerprint density at radius 1 is 0.750 bits per heavy atom. The summed E-state index contributed by atoms with van der Waals surface area (Å²) in [7, 11) is -3.13. The highest BCUT2D eigenvalue weighted by Crippen LogP contribution is 2.14. The van der Waals surface area contributed by atoms with E-state index in [1.807, 2.05) is 0 Å². The van der Waals surface area contributed by atoms with Crippen molar-refractivity contribution in [3.05, 3.63) is 12.0 Å². The second-order valence-electron chi connectivity index (χ2n) is 6.25. The minimum Gasteiger partial charge on any atom is -0.512 e. The van der Waals surface area contributed by atoms with Gasteiger partial charge in [-0.15, -0.1) is 0 Å². The molecule has 0 radical (unpaired) electrons. The lowest BCUT2D eigenvalue weighted by Crippen LogP contribution is -1.85. The molecule has 0 saturated carbocycles. The largest absolute Gasteiger partial charge is 0.512 e. The summed E-state index contributed by atoms with van der Waals surface area (Å²) in [4.78, 5) is 14.3. The van der Waals surface area contributed by atoms with Crippen molar-refractivity contribution < 1.29 is 24.6 Å². The molecular weight excluding hydrogens is 327 g/mol. The quantitative estimate of drug-likeness (QED) is 0.158. The van der Waals surface area contributed by atoms with Gasteiger partial charge in [0.25, 0.3) is 0 Å². The van der Waals surface area contributed by atoms with Crippen LogP contribution in [0, 0.1) is 0 Å². The minimum atomic E-state index is -3.13. The van der Waals surface area contributed by atoms with Crippen LogP contribution < -0.4 is 0 Å². The first-order chi connectivity index (χ1) is 11.5. The van der Waals surface area contributed by atoms with Gasteiger partial charge in [0, 0.05) is 6.42 Å². The van der Waals surface area contributed by atoms with E-state index in [0.717, 1.165) is 19.1 Å². The topological polar surface area (TPSA) is 98.0 Å². The summed E-state index contributed by atoms with van der Waals surface area (Å²) in [6.07, 6.45) is 20.2. The molecule has 0 aromatic rings. The molecule has 0 unspecified atom stereocenters. The molecule has 5 nitrogen and oxygen atoms in total. The molecule has 0 spiro atoms. The Hall–Kier alpha value is -0.510. The standard InChI is InChI=1S/C18H36O2.H3O3P/c1-2-3-4-5-6-7-8-9-10-11-12-13-14-15-16-18(20)17-19;1-4(2)3/h17,19-20H,2-16H2,1H3;4H,(H2,1,2,3). The van der Waals surface area contributed by atoms with Crippen LogP contribution in [0.15, 0.2) is 12.0 Å². The van der Waals surface area contributed by atoms with Crippen molar-refractivity contribution in [1.29, 1.82) is 0 Å². The van der Waals surface area contributed by atoms with Crippen molar-refractivity contribution in [2.45, 2.75) is 103 Å². The van der Waals surface area contributed by atoms with Gasteiger partial charge in [-0.25, -0.2) is 0 Å². The SMILES string of the molecule is CCCCCCCCCCCCCCCCC(O)=CO.O=[PH](O)O. The lowest BCUT2D eigenvalue weighted by Gasteiger charge is -2.03. The van der Waals surface area contributed by atoms with Crippen molar-refractivity contribution in [1.82, 2.24) is 0 Å². The first kappa shape index (κ1) is 25.7. The Morgan fingerprint density at radius 2 is 1.04 bits per heavy atom. The number of allylic oxidation sites excluding steroid dienone is 1. The zero-order valence-electron chi connectivity index (χ0n) is 15.4. The van der Waals surface area contributed by atoms with Crippen LogP contribution in [-0.2, 0) is 4.57 Å². The zero-order valence-corrected chi connectivity index (χ0v) is 16.4. The first-order valence-electron chi connectivity index (χ1n) is 9.48. The molecule has 0 aliphatic heterocycles. The fourth-order valence-corrected chi connectivity index (χ4v) is 2.57. The van der Waals surface area contributed by atoms with Crippen LogP contribution in [0.5, 0.6) is 0 Å². The second kappa shape index (κ2) is 22.5. The van der Waals surface area contributed by atoms with Gasteiger partial charge >= 0.3 is 8.25 Å². The Balaban J connectivity index is 0. The molecule has 0 atom stereocenters. The van der Waals surface area contributed by atoms with Crippen LogP contribution in [0.2, 0.25) is 0 Å². The predicted molar refractivity (Wildman–Crippen MR) is 102 cm³/mol. The molecule has 24 heavy (non-hydrogen) atoms. The molecule has 0 aliphatic carbocycles. The molecule has 0 aliphatic rings. The molecule has 0 amide bonds. The third kappa shape index (κ3) is 29.5. The highest BCUT2D eigenvalue weighted by atomic mass is 31.1. The highest BCUT2D eigenvalue weighted by Gasteiger charge is 1.95. The van der Waals surface area contributed by atoms with E-state index in [-0.39, 0.29) is 5.76 Å². The van der Waals surface area contributed by atoms with Gasteiger partial charge in [0.15, 0.2) is 0 Å². The summed E-state index contributed by atoms with van der Waals surface area (Å²) in [6, 6.07) is 0. The van der Waals surface area contributed by atoms with Gasteiger partial charge in [0.05, 0.1) is 0 Å². The van der Waals surface area contributed by atoms with Gasteiger partial charge in [-0.05, 0) is 6.42 Å². The highest BCUT2D eigenvalue weighted by molar-refractivity contribution is 7.30. The molecule has 0 aromatic heterocycles. The monoisotopic (exact) mass is 366 g/mol. The van der Waals surface area contributed by atoms with E-state index in [4.69, 9.17) is 24.6 Å². The average Bonchev–Trinajstić information content (AvgIpc) is 2.54. The fourth-order valence-electron chi connectivity index (χ4n) is 2.57. The van der Waals surface area contributed by atoms with Crippen molar-refractivity contribution >= 4 is 8.25 Å². The minimum absolute atomic E-state index is 0.115. The smallest absolute Gasteiger partial charge is 0.314 e. The summed E-state index contributed by atoms with van der Waals surface area (Å²) in [5.74, 6) is 0.115. The summed E-state index contributed by atoms with van der Waals surface area (Å²) >= 11 is 0. The lowest BCUT2D eigenvalue weighted by atomic mass is 10.0. The zero-order chi connectivity index (χ0) is 18.5. The summed E-state index contributed by atoms with van der Waals surface area (Å²) < 4.78 is 8.74. The Labute approximate surface area is 148 Å². The maximum atomic E-state index is 9.06. The maximum absolute atomic E-state index is 9.06. The molecule has 4 N–H and O–H groups in total. The number of unbranched alkanes of at least 4 members (excludes halogenated alkanes) is 13. The van der Waals surface area contributed by atoms with Gasteiger partial charge in [-0.2, -0.15) is 0 Å². The number of rotatable bonds is 15. The van der Waals surface area contributed by atoms with E-state index >= 15 is 0 Å². The molecular formula is C18H39O5P. The summed E-state index contributed by atoms with van der Waals surface area (Å²) in [5.41, 5.74) is 0. The summed E-state index contributed by atoms with van der Waals surface area (Å²) in [5, 5.41) is 17.6. The van der Waals surface area contributed by atoms with Gasteiger partial charge in [0.1, 0.15) is 12.0 Å². The molecule has 0 heterocycles. The van der Waals surface area contributed by atoms with Crippen molar-refractivity contribution in [2.24, 2.45) is 0 Å². The van der Waals surface area contributed by atoms with Crippen LogP contribution in [0.4, 0.5) is 0 Å². The third-order valence-electron chi connectivity index (χ3n) is 3.94. The molecule has 6 heteroatoms. The van der Waals surface area contributed by atoms with E-state index in [9.17, 15) is 0 Å². The van der Waals surface area contributed by atoms with Crippen LogP contribution in [0.25, 0.3) is 0 Å². The maximum Gasteiger partial charge on any atom is 0.314 e. The van der Waals surface area contributed by atoms with Crippen LogP contribution in [0.3, 0.4) is 0 Å². The van der Waals surface area contributed by atoms with Crippen LogP contribution in [0.1, 0.15) is 103 Å². The van der Waals surface area contributed by atoms with Gasteiger partial charge in [-0.1, -0.05) is 90.4 Å². The van der Waals surface area contributed by atoms with E-state index < -0.39 is 8.25 Å². The van der Waals surface area contributed by atoms with Gasteiger partial charge in [-0.3, -0.25) is 4.57 Å². The van der Waals surface area contributed by atoms with Crippen LogP contribution >= 0.6 is 8.25 Å². The number of aliphatic hydroxyl groups is 2. The molecule has 0 aromatic carbocycles. The van der Waals surface area contributed by atoms with Gasteiger partial charge < -0.3 is 20.0 Å². The number of hydrogen-bond acceptors (Lipinski definition) is 3. The number of aliphatic hydroxyl groups excluding tert-OH is 2. The van der Waals surface area contributed by atoms with E-state index in [1.54, 1.807) is 0 Å². The van der Waals surface area contributed by atoms with E-state index in [1.165, 1.54) is 77.0 Å². The Kier molecular flexibility index (Phi) is 24.1.